The molecule has 5 rings (SSSR count). The Morgan fingerprint density at radius 2 is 1.85 bits per heavy atom. The highest BCUT2D eigenvalue weighted by molar-refractivity contribution is 7.16. The van der Waals surface area contributed by atoms with Crippen LogP contribution in [0, 0.1) is 0 Å². The first-order valence-electron chi connectivity index (χ1n) is 8.14. The molecule has 2 aromatic carbocycles. The highest BCUT2D eigenvalue weighted by Gasteiger charge is 2.26. The number of para-hydroxylation sites is 3. The summed E-state index contributed by atoms with van der Waals surface area (Å²) in [7, 11) is 0. The average Bonchev–Trinajstić information content (AvgIpc) is 3.28. The van der Waals surface area contributed by atoms with Crippen LogP contribution < -0.4 is 14.2 Å². The second-order valence-corrected chi connectivity index (χ2v) is 6.70. The van der Waals surface area contributed by atoms with Crippen LogP contribution in [0.15, 0.2) is 54.6 Å². The van der Waals surface area contributed by atoms with Crippen LogP contribution >= 0.6 is 11.3 Å². The molecule has 1 aliphatic rings. The summed E-state index contributed by atoms with van der Waals surface area (Å²) >= 11 is 1.44. The Bertz CT molecular complexity index is 1050. The lowest BCUT2D eigenvalue weighted by molar-refractivity contribution is 0.0903. The topological polar surface area (TPSA) is 70.8 Å². The van der Waals surface area contributed by atoms with Gasteiger partial charge in [0.25, 0.3) is 0 Å². The van der Waals surface area contributed by atoms with Crippen LogP contribution in [0.5, 0.6) is 17.2 Å². The van der Waals surface area contributed by atoms with Crippen molar-refractivity contribution in [2.24, 2.45) is 0 Å². The van der Waals surface area contributed by atoms with E-state index in [9.17, 15) is 0 Å². The SMILES string of the molecule is c1ccc(OCc2nnc3sc([C@H]4COc5ccccc5O4)nn23)cc1. The van der Waals surface area contributed by atoms with Gasteiger partial charge in [-0.25, -0.2) is 0 Å². The summed E-state index contributed by atoms with van der Waals surface area (Å²) in [6.07, 6.45) is -0.264. The summed E-state index contributed by atoms with van der Waals surface area (Å²) in [5.74, 6) is 2.90. The fraction of sp³-hybridized carbons (Fsp3) is 0.167. The molecule has 1 aliphatic heterocycles. The number of nitrogens with zero attached hydrogens (tertiary/aromatic N) is 4. The molecule has 0 fully saturated rings. The first-order chi connectivity index (χ1) is 12.9. The number of hydrogen-bond acceptors (Lipinski definition) is 7. The van der Waals surface area contributed by atoms with Crippen molar-refractivity contribution in [3.63, 3.8) is 0 Å². The minimum atomic E-state index is -0.264. The Kier molecular flexibility index (Phi) is 3.67. The lowest BCUT2D eigenvalue weighted by Gasteiger charge is -2.24. The zero-order valence-corrected chi connectivity index (χ0v) is 14.4. The summed E-state index contributed by atoms with van der Waals surface area (Å²) < 4.78 is 19.2. The number of benzene rings is 2. The quantitative estimate of drug-likeness (QED) is 0.552. The zero-order chi connectivity index (χ0) is 17.3. The van der Waals surface area contributed by atoms with Crippen LogP contribution in [0.25, 0.3) is 4.96 Å². The van der Waals surface area contributed by atoms with E-state index in [1.54, 1.807) is 4.52 Å². The van der Waals surface area contributed by atoms with Gasteiger partial charge < -0.3 is 14.2 Å². The van der Waals surface area contributed by atoms with E-state index < -0.39 is 0 Å². The van der Waals surface area contributed by atoms with Crippen molar-refractivity contribution in [3.8, 4) is 17.2 Å². The van der Waals surface area contributed by atoms with Gasteiger partial charge in [0.15, 0.2) is 28.4 Å². The largest absolute Gasteiger partial charge is 0.486 e. The smallest absolute Gasteiger partial charge is 0.234 e. The third-order valence-electron chi connectivity index (χ3n) is 3.97. The van der Waals surface area contributed by atoms with E-state index in [0.717, 1.165) is 22.3 Å². The van der Waals surface area contributed by atoms with Gasteiger partial charge in [-0.1, -0.05) is 41.7 Å². The average molecular weight is 366 g/mol. The molecule has 0 saturated carbocycles. The highest BCUT2D eigenvalue weighted by Crippen LogP contribution is 2.36. The van der Waals surface area contributed by atoms with Gasteiger partial charge in [0.1, 0.15) is 19.0 Å². The van der Waals surface area contributed by atoms with Crippen LogP contribution in [-0.4, -0.2) is 26.4 Å². The molecule has 0 bridgehead atoms. The van der Waals surface area contributed by atoms with Crippen molar-refractivity contribution in [2.75, 3.05) is 6.61 Å². The summed E-state index contributed by atoms with van der Waals surface area (Å²) in [5, 5.41) is 13.7. The third kappa shape index (κ3) is 2.74. The predicted molar refractivity (Wildman–Crippen MR) is 94.7 cm³/mol. The van der Waals surface area contributed by atoms with Crippen molar-refractivity contribution in [2.45, 2.75) is 12.7 Å². The van der Waals surface area contributed by atoms with Crippen molar-refractivity contribution in [3.05, 3.63) is 65.4 Å². The van der Waals surface area contributed by atoms with Gasteiger partial charge in [0, 0.05) is 0 Å². The Labute approximate surface area is 152 Å². The van der Waals surface area contributed by atoms with Gasteiger partial charge >= 0.3 is 0 Å². The van der Waals surface area contributed by atoms with Gasteiger partial charge in [0.2, 0.25) is 4.96 Å². The Balaban J connectivity index is 1.37. The monoisotopic (exact) mass is 366 g/mol. The first-order valence-corrected chi connectivity index (χ1v) is 8.96. The number of rotatable bonds is 4. The molecule has 7 nitrogen and oxygen atoms in total. The lowest BCUT2D eigenvalue weighted by Crippen LogP contribution is -2.21. The normalized spacial score (nSPS) is 15.9. The van der Waals surface area contributed by atoms with E-state index in [1.165, 1.54) is 11.3 Å². The first kappa shape index (κ1) is 15.2. The molecule has 130 valence electrons. The summed E-state index contributed by atoms with van der Waals surface area (Å²) in [5.41, 5.74) is 0. The maximum atomic E-state index is 6.02. The van der Waals surface area contributed by atoms with Gasteiger partial charge in [-0.15, -0.1) is 10.2 Å². The van der Waals surface area contributed by atoms with Crippen molar-refractivity contribution in [1.82, 2.24) is 19.8 Å². The maximum Gasteiger partial charge on any atom is 0.234 e. The molecule has 3 heterocycles. The van der Waals surface area contributed by atoms with Crippen molar-refractivity contribution in [1.29, 1.82) is 0 Å². The third-order valence-corrected chi connectivity index (χ3v) is 4.96. The Morgan fingerprint density at radius 1 is 1.04 bits per heavy atom. The molecular formula is C18H14N4O3S. The van der Waals surface area contributed by atoms with E-state index in [0.29, 0.717) is 24.0 Å². The van der Waals surface area contributed by atoms with E-state index in [2.05, 4.69) is 15.3 Å². The molecule has 1 atom stereocenters. The molecule has 0 aliphatic carbocycles. The molecule has 0 saturated heterocycles. The van der Waals surface area contributed by atoms with Crippen LogP contribution in [-0.2, 0) is 6.61 Å². The molecule has 0 N–H and O–H groups in total. The van der Waals surface area contributed by atoms with Crippen LogP contribution in [0.3, 0.4) is 0 Å². The number of ether oxygens (including phenoxy) is 3. The second-order valence-electron chi connectivity index (χ2n) is 5.72. The molecule has 0 spiro atoms. The van der Waals surface area contributed by atoms with Crippen molar-refractivity contribution < 1.29 is 14.2 Å². The Morgan fingerprint density at radius 3 is 2.73 bits per heavy atom. The zero-order valence-electron chi connectivity index (χ0n) is 13.6. The van der Waals surface area contributed by atoms with Gasteiger partial charge in [-0.3, -0.25) is 0 Å². The number of hydrogen-bond donors (Lipinski definition) is 0. The minimum Gasteiger partial charge on any atom is -0.486 e. The number of aromatic nitrogens is 4. The van der Waals surface area contributed by atoms with Gasteiger partial charge in [-0.2, -0.15) is 9.61 Å². The molecule has 4 aromatic rings. The summed E-state index contributed by atoms with van der Waals surface area (Å²) in [6, 6.07) is 17.2. The fourth-order valence-corrected chi connectivity index (χ4v) is 3.57. The van der Waals surface area contributed by atoms with Gasteiger partial charge in [-0.05, 0) is 24.3 Å². The van der Waals surface area contributed by atoms with E-state index >= 15 is 0 Å². The highest BCUT2D eigenvalue weighted by atomic mass is 32.1. The standard InChI is InChI=1S/C18H14N4O3S/c1-2-6-12(7-3-1)23-11-16-19-20-18-22(16)21-17(26-18)15-10-24-13-8-4-5-9-14(13)25-15/h1-9,15H,10-11H2/t15-/m1/s1. The van der Waals surface area contributed by atoms with Crippen LogP contribution in [0.1, 0.15) is 16.9 Å². The molecule has 26 heavy (non-hydrogen) atoms. The predicted octanol–water partition coefficient (Wildman–Crippen LogP) is 3.28. The van der Waals surface area contributed by atoms with E-state index in [-0.39, 0.29) is 6.10 Å². The molecule has 0 radical (unpaired) electrons. The summed E-state index contributed by atoms with van der Waals surface area (Å²) in [4.78, 5) is 0.703. The maximum absolute atomic E-state index is 6.02. The lowest BCUT2D eigenvalue weighted by atomic mass is 10.3. The second kappa shape index (κ2) is 6.30. The number of fused-ring (bicyclic) bond motifs is 2. The van der Waals surface area contributed by atoms with E-state index in [4.69, 9.17) is 14.2 Å². The molecular weight excluding hydrogens is 352 g/mol. The van der Waals surface area contributed by atoms with Crippen molar-refractivity contribution >= 4 is 16.3 Å². The van der Waals surface area contributed by atoms with Crippen LogP contribution in [0.4, 0.5) is 0 Å². The fourth-order valence-electron chi connectivity index (χ4n) is 2.70. The van der Waals surface area contributed by atoms with Crippen LogP contribution in [0.2, 0.25) is 0 Å². The molecule has 2 aromatic heterocycles. The minimum absolute atomic E-state index is 0.264. The Hall–Kier alpha value is -3.13. The molecule has 0 unspecified atom stereocenters. The van der Waals surface area contributed by atoms with Gasteiger partial charge in [0.05, 0.1) is 0 Å². The summed E-state index contributed by atoms with van der Waals surface area (Å²) in [6.45, 7) is 0.705. The van der Waals surface area contributed by atoms with E-state index in [1.807, 2.05) is 54.6 Å². The molecule has 8 heteroatoms. The molecule has 0 amide bonds.